The van der Waals surface area contributed by atoms with Crippen LogP contribution in [0, 0.1) is 11.8 Å². The van der Waals surface area contributed by atoms with Gasteiger partial charge in [0.15, 0.2) is 5.78 Å². The lowest BCUT2D eigenvalue weighted by molar-refractivity contribution is 0.0895. The van der Waals surface area contributed by atoms with Crippen molar-refractivity contribution in [3.05, 3.63) is 29.8 Å². The average molecular weight is 234 g/mol. The van der Waals surface area contributed by atoms with Gasteiger partial charge in [0.2, 0.25) is 0 Å². The average Bonchev–Trinajstić information content (AvgIpc) is 2.34. The maximum absolute atomic E-state index is 12.3. The summed E-state index contributed by atoms with van der Waals surface area (Å²) in [5.41, 5.74) is 0.710. The fraction of sp³-hybridized carbons (Fsp3) is 0.533. The first-order valence-corrected chi connectivity index (χ1v) is 6.34. The van der Waals surface area contributed by atoms with E-state index < -0.39 is 0 Å². The Bertz CT molecular complexity index is 369. The van der Waals surface area contributed by atoms with Crippen LogP contribution >= 0.6 is 0 Å². The first-order chi connectivity index (χ1) is 8.07. The van der Waals surface area contributed by atoms with Gasteiger partial charge in [-0.3, -0.25) is 4.79 Å². The van der Waals surface area contributed by atoms with Crippen LogP contribution in [-0.4, -0.2) is 12.4 Å². The van der Waals surface area contributed by atoms with Crippen LogP contribution in [0.4, 0.5) is 0 Å². The number of hydrogen-bond acceptors (Lipinski definition) is 2. The molecular formula is C15H22O2. The van der Waals surface area contributed by atoms with Crippen LogP contribution in [0.2, 0.25) is 0 Å². The monoisotopic (exact) mass is 234 g/mol. The predicted octanol–water partition coefficient (Wildman–Crippen LogP) is 3.95. The van der Waals surface area contributed by atoms with Crippen molar-refractivity contribution in [1.29, 1.82) is 0 Å². The van der Waals surface area contributed by atoms with Gasteiger partial charge in [-0.15, -0.1) is 0 Å². The Balaban J connectivity index is 2.92. The molecule has 1 aromatic rings. The molecule has 0 aliphatic rings. The number of ketones is 1. The van der Waals surface area contributed by atoms with Crippen LogP contribution in [0.1, 0.15) is 44.5 Å². The minimum Gasteiger partial charge on any atom is -0.493 e. The minimum atomic E-state index is 0.0291. The number of rotatable bonds is 6. The first-order valence-electron chi connectivity index (χ1n) is 6.34. The van der Waals surface area contributed by atoms with Gasteiger partial charge in [-0.25, -0.2) is 0 Å². The van der Waals surface area contributed by atoms with Crippen LogP contribution < -0.4 is 4.74 Å². The van der Waals surface area contributed by atoms with Crippen LogP contribution in [0.3, 0.4) is 0 Å². The highest BCUT2D eigenvalue weighted by molar-refractivity contribution is 6.00. The zero-order valence-corrected chi connectivity index (χ0v) is 11.2. The molecule has 0 saturated heterocycles. The molecule has 17 heavy (non-hydrogen) atoms. The predicted molar refractivity (Wildman–Crippen MR) is 70.6 cm³/mol. The third-order valence-electron chi connectivity index (χ3n) is 3.03. The third-order valence-corrected chi connectivity index (χ3v) is 3.03. The summed E-state index contributed by atoms with van der Waals surface area (Å²) >= 11 is 0. The Morgan fingerprint density at radius 3 is 2.47 bits per heavy atom. The summed E-state index contributed by atoms with van der Waals surface area (Å²) < 4.78 is 5.62. The summed E-state index contributed by atoms with van der Waals surface area (Å²) in [6, 6.07) is 7.52. The van der Waals surface area contributed by atoms with E-state index in [4.69, 9.17) is 4.74 Å². The minimum absolute atomic E-state index is 0.0291. The van der Waals surface area contributed by atoms with Gasteiger partial charge >= 0.3 is 0 Å². The molecule has 0 N–H and O–H groups in total. The highest BCUT2D eigenvalue weighted by atomic mass is 16.5. The number of para-hydroxylation sites is 1. The summed E-state index contributed by atoms with van der Waals surface area (Å²) in [6.07, 6.45) is 0.947. The van der Waals surface area contributed by atoms with Gasteiger partial charge in [-0.2, -0.15) is 0 Å². The molecule has 2 nitrogen and oxygen atoms in total. The van der Waals surface area contributed by atoms with E-state index in [1.165, 1.54) is 0 Å². The Kier molecular flexibility index (Phi) is 5.20. The first kappa shape index (κ1) is 13.8. The summed E-state index contributed by atoms with van der Waals surface area (Å²) in [6.45, 7) is 8.82. The van der Waals surface area contributed by atoms with Crippen molar-refractivity contribution in [3.63, 3.8) is 0 Å². The Morgan fingerprint density at radius 1 is 1.24 bits per heavy atom. The van der Waals surface area contributed by atoms with Crippen molar-refractivity contribution >= 4 is 5.78 Å². The summed E-state index contributed by atoms with van der Waals surface area (Å²) in [4.78, 5) is 12.3. The van der Waals surface area contributed by atoms with Gasteiger partial charge in [0.25, 0.3) is 0 Å². The number of benzene rings is 1. The van der Waals surface area contributed by atoms with Crippen molar-refractivity contribution in [2.45, 2.75) is 34.1 Å². The Labute approximate surface area is 104 Å². The van der Waals surface area contributed by atoms with Crippen molar-refractivity contribution in [2.75, 3.05) is 6.61 Å². The second kappa shape index (κ2) is 6.43. The quantitative estimate of drug-likeness (QED) is 0.697. The molecular weight excluding hydrogens is 212 g/mol. The molecule has 0 heterocycles. The largest absolute Gasteiger partial charge is 0.493 e. The molecule has 0 aromatic heterocycles. The van der Waals surface area contributed by atoms with Crippen LogP contribution in [-0.2, 0) is 0 Å². The molecule has 2 heteroatoms. The highest BCUT2D eigenvalue weighted by Crippen LogP contribution is 2.24. The van der Waals surface area contributed by atoms with Gasteiger partial charge in [0, 0.05) is 5.92 Å². The van der Waals surface area contributed by atoms with Crippen molar-refractivity contribution in [2.24, 2.45) is 11.8 Å². The Morgan fingerprint density at radius 2 is 1.88 bits per heavy atom. The molecule has 0 bridgehead atoms. The zero-order chi connectivity index (χ0) is 12.8. The number of carbonyl (C=O) groups is 1. The molecule has 1 rings (SSSR count). The van der Waals surface area contributed by atoms with Crippen LogP contribution in [0.25, 0.3) is 0 Å². The lowest BCUT2D eigenvalue weighted by atomic mass is 9.89. The SMILES string of the molecule is CCCOc1ccccc1C(=O)C(C)C(C)C. The van der Waals surface area contributed by atoms with E-state index >= 15 is 0 Å². The molecule has 1 atom stereocenters. The standard InChI is InChI=1S/C15H22O2/c1-5-10-17-14-9-7-6-8-13(14)15(16)12(4)11(2)3/h6-9,11-12H,5,10H2,1-4H3. The molecule has 0 aliphatic carbocycles. The lowest BCUT2D eigenvalue weighted by Gasteiger charge is -2.16. The van der Waals surface area contributed by atoms with E-state index in [1.54, 1.807) is 0 Å². The summed E-state index contributed by atoms with van der Waals surface area (Å²) in [5.74, 6) is 1.27. The maximum Gasteiger partial charge on any atom is 0.169 e. The van der Waals surface area contributed by atoms with Crippen molar-refractivity contribution in [1.82, 2.24) is 0 Å². The van der Waals surface area contributed by atoms with E-state index in [0.29, 0.717) is 23.8 Å². The van der Waals surface area contributed by atoms with E-state index in [-0.39, 0.29) is 11.7 Å². The molecule has 0 spiro atoms. The van der Waals surface area contributed by atoms with Crippen LogP contribution in [0.15, 0.2) is 24.3 Å². The summed E-state index contributed by atoms with van der Waals surface area (Å²) in [7, 11) is 0. The molecule has 1 aromatic carbocycles. The van der Waals surface area contributed by atoms with Gasteiger partial charge in [0.05, 0.1) is 12.2 Å². The number of ether oxygens (including phenoxy) is 1. The molecule has 0 amide bonds. The lowest BCUT2D eigenvalue weighted by Crippen LogP contribution is -2.18. The number of carbonyl (C=O) groups excluding carboxylic acids is 1. The van der Waals surface area contributed by atoms with Crippen molar-refractivity contribution in [3.8, 4) is 5.75 Å². The fourth-order valence-corrected chi connectivity index (χ4v) is 1.56. The van der Waals surface area contributed by atoms with Crippen LogP contribution in [0.5, 0.6) is 5.75 Å². The number of hydrogen-bond donors (Lipinski definition) is 0. The Hall–Kier alpha value is -1.31. The second-order valence-electron chi connectivity index (χ2n) is 4.74. The zero-order valence-electron chi connectivity index (χ0n) is 11.2. The number of Topliss-reactive ketones (excluding diaryl/α,β-unsaturated/α-hetero) is 1. The van der Waals surface area contributed by atoms with E-state index in [0.717, 1.165) is 6.42 Å². The topological polar surface area (TPSA) is 26.3 Å². The maximum atomic E-state index is 12.3. The second-order valence-corrected chi connectivity index (χ2v) is 4.74. The highest BCUT2D eigenvalue weighted by Gasteiger charge is 2.21. The molecule has 0 saturated carbocycles. The van der Waals surface area contributed by atoms with Gasteiger partial charge in [-0.05, 0) is 24.5 Å². The van der Waals surface area contributed by atoms with E-state index in [2.05, 4.69) is 20.8 Å². The van der Waals surface area contributed by atoms with E-state index in [9.17, 15) is 4.79 Å². The molecule has 1 unspecified atom stereocenters. The molecule has 0 radical (unpaired) electrons. The molecule has 0 fully saturated rings. The van der Waals surface area contributed by atoms with Gasteiger partial charge in [-0.1, -0.05) is 39.8 Å². The third kappa shape index (κ3) is 3.58. The normalized spacial score (nSPS) is 12.5. The van der Waals surface area contributed by atoms with Gasteiger partial charge in [0.1, 0.15) is 5.75 Å². The smallest absolute Gasteiger partial charge is 0.169 e. The molecule has 0 aliphatic heterocycles. The van der Waals surface area contributed by atoms with E-state index in [1.807, 2.05) is 31.2 Å². The summed E-state index contributed by atoms with van der Waals surface area (Å²) in [5, 5.41) is 0. The van der Waals surface area contributed by atoms with Gasteiger partial charge < -0.3 is 4.74 Å². The fourth-order valence-electron chi connectivity index (χ4n) is 1.56. The molecule has 94 valence electrons. The van der Waals surface area contributed by atoms with Crippen molar-refractivity contribution < 1.29 is 9.53 Å².